The van der Waals surface area contributed by atoms with Crippen LogP contribution in [0.15, 0.2) is 121 Å². The molecule has 0 radical (unpaired) electrons. The van der Waals surface area contributed by atoms with Gasteiger partial charge in [0.05, 0.1) is 0 Å². The van der Waals surface area contributed by atoms with Gasteiger partial charge in [-0.3, -0.25) is 9.59 Å². The Labute approximate surface area is 329 Å². The van der Waals surface area contributed by atoms with Crippen LogP contribution in [0.2, 0.25) is 11.1 Å². The molecule has 2 nitrogen and oxygen atoms in total. The molecule has 0 saturated heterocycles. The Bertz CT molecular complexity index is 2270. The van der Waals surface area contributed by atoms with Crippen molar-refractivity contribution >= 4 is 40.8 Å². The van der Waals surface area contributed by atoms with Crippen molar-refractivity contribution in [2.24, 2.45) is 28.6 Å². The van der Waals surface area contributed by atoms with Crippen LogP contribution in [-0.2, 0) is 16.6 Å². The molecule has 5 atom stereocenters. The predicted molar refractivity (Wildman–Crippen MR) is 228 cm³/mol. The maximum atomic E-state index is 15.7. The van der Waals surface area contributed by atoms with E-state index in [9.17, 15) is 4.79 Å². The average Bonchev–Trinajstić information content (AvgIpc) is 3.81. The van der Waals surface area contributed by atoms with E-state index in [-0.39, 0.29) is 15.9 Å². The Balaban J connectivity index is 1.16. The lowest BCUT2D eigenvalue weighted by molar-refractivity contribution is -0.129. The normalized spacial score (nSPS) is 31.0. The van der Waals surface area contributed by atoms with Crippen molar-refractivity contribution in [3.05, 3.63) is 144 Å². The molecule has 5 saturated carbocycles. The highest BCUT2D eigenvalue weighted by atomic mass is 28.3. The summed E-state index contributed by atoms with van der Waals surface area (Å²) in [4.78, 5) is 28.8. The first kappa shape index (κ1) is 35.3. The van der Waals surface area contributed by atoms with Gasteiger partial charge in [0.25, 0.3) is 0 Å². The standard InChI is InChI=1S/C52H56O2Si/c1-49(2,3)55(41-15-7-5-8-16-41,42-17-9-6-10-18-42)34-52(33-35-31-51(52,32-35)48(54)39-20-19-36-13-11-12-14-37(36)29-39)40-22-24-43-38(30-40)21-23-45-44(43)27-28-50(4)46(45)25-26-47(50)53/h5-20,22,24,29-30,35,44-46H,21,23,25-28,31-34H2,1-4H3/t35?,44-,45-,46+,50+,51?,52+/m1/s1. The van der Waals surface area contributed by atoms with Crippen molar-refractivity contribution in [2.45, 2.75) is 108 Å². The molecule has 5 aromatic carbocycles. The molecule has 11 rings (SSSR count). The fraction of sp³-hybridized carbons (Fsp3) is 0.423. The molecule has 6 aliphatic carbocycles. The second kappa shape index (κ2) is 12.5. The minimum atomic E-state index is -2.60. The third-order valence-corrected chi connectivity index (χ3v) is 23.0. The van der Waals surface area contributed by atoms with E-state index in [1.54, 1.807) is 5.56 Å². The van der Waals surface area contributed by atoms with Crippen LogP contribution >= 0.6 is 0 Å². The van der Waals surface area contributed by atoms with E-state index in [0.29, 0.717) is 35.2 Å². The average molecular weight is 741 g/mol. The lowest BCUT2D eigenvalue weighted by Gasteiger charge is -2.54. The summed E-state index contributed by atoms with van der Waals surface area (Å²) in [7, 11) is -2.60. The maximum absolute atomic E-state index is 15.7. The number of hydrogen-bond acceptors (Lipinski definition) is 2. The van der Waals surface area contributed by atoms with Crippen molar-refractivity contribution in [3.63, 3.8) is 0 Å². The van der Waals surface area contributed by atoms with Crippen LogP contribution in [-0.4, -0.2) is 19.6 Å². The summed E-state index contributed by atoms with van der Waals surface area (Å²) in [5.41, 5.74) is 4.51. The molecule has 280 valence electrons. The van der Waals surface area contributed by atoms with Crippen molar-refractivity contribution in [3.8, 4) is 0 Å². The molecule has 0 unspecified atom stereocenters. The predicted octanol–water partition coefficient (Wildman–Crippen LogP) is 11.2. The SMILES string of the molecule is CC(C)(C)[Si](C[C@]1(c2ccc3c(c2)CC[C@@H]2[C@@H]3CC[C@]3(C)C(=O)CC[C@@H]23)CC2CC1(C(=O)c1ccc3ccccc3c1)C2)(c1ccccc1)c1ccccc1. The van der Waals surface area contributed by atoms with Gasteiger partial charge in [-0.25, -0.2) is 0 Å². The van der Waals surface area contributed by atoms with Crippen molar-refractivity contribution in [2.75, 3.05) is 0 Å². The highest BCUT2D eigenvalue weighted by Crippen LogP contribution is 2.73. The van der Waals surface area contributed by atoms with Gasteiger partial charge in [0.2, 0.25) is 0 Å². The van der Waals surface area contributed by atoms with E-state index in [4.69, 9.17) is 0 Å². The molecule has 0 amide bonds. The number of ketones is 2. The second-order valence-corrected chi connectivity index (χ2v) is 24.7. The number of aryl methyl sites for hydroxylation is 1. The number of fused-ring (bicyclic) bond motifs is 7. The number of hydrogen-bond donors (Lipinski definition) is 0. The van der Waals surface area contributed by atoms with Gasteiger partial charge in [-0.2, -0.15) is 0 Å². The highest BCUT2D eigenvalue weighted by molar-refractivity contribution is 7.04. The molecule has 55 heavy (non-hydrogen) atoms. The van der Waals surface area contributed by atoms with Gasteiger partial charge < -0.3 is 0 Å². The zero-order chi connectivity index (χ0) is 37.8. The quantitative estimate of drug-likeness (QED) is 0.123. The van der Waals surface area contributed by atoms with Gasteiger partial charge in [0, 0.05) is 28.2 Å². The van der Waals surface area contributed by atoms with E-state index in [1.165, 1.54) is 33.3 Å². The van der Waals surface area contributed by atoms with Crippen LogP contribution in [0.3, 0.4) is 0 Å². The molecule has 6 aliphatic rings. The summed E-state index contributed by atoms with van der Waals surface area (Å²) >= 11 is 0. The molecule has 0 aromatic heterocycles. The molecule has 0 aliphatic heterocycles. The largest absolute Gasteiger partial charge is 0.299 e. The van der Waals surface area contributed by atoms with E-state index < -0.39 is 13.5 Å². The van der Waals surface area contributed by atoms with Gasteiger partial charge in [-0.05, 0) is 120 Å². The fourth-order valence-electron chi connectivity index (χ4n) is 13.9. The zero-order valence-corrected chi connectivity index (χ0v) is 34.2. The molecule has 0 heterocycles. The minimum absolute atomic E-state index is 0.0161. The molecule has 5 aromatic rings. The Morgan fingerprint density at radius 3 is 2.09 bits per heavy atom. The number of carbonyl (C=O) groups excluding carboxylic acids is 2. The molecular formula is C52H56O2Si. The number of Topliss-reactive ketones (excluding diaryl/α,β-unsaturated/α-hetero) is 2. The van der Waals surface area contributed by atoms with Crippen LogP contribution in [0.1, 0.15) is 112 Å². The monoisotopic (exact) mass is 740 g/mol. The first-order valence-electron chi connectivity index (χ1n) is 21.3. The van der Waals surface area contributed by atoms with Gasteiger partial charge in [-0.1, -0.05) is 153 Å². The Kier molecular flexibility index (Phi) is 8.00. The van der Waals surface area contributed by atoms with Gasteiger partial charge in [0.1, 0.15) is 13.9 Å². The van der Waals surface area contributed by atoms with E-state index >= 15 is 4.79 Å². The highest BCUT2D eigenvalue weighted by Gasteiger charge is 2.72. The Morgan fingerprint density at radius 1 is 0.727 bits per heavy atom. The van der Waals surface area contributed by atoms with E-state index in [1.807, 2.05) is 0 Å². The summed E-state index contributed by atoms with van der Waals surface area (Å²) in [5.74, 6) is 3.11. The second-order valence-electron chi connectivity index (χ2n) is 19.8. The first-order chi connectivity index (χ1) is 26.5. The fourth-order valence-corrected chi connectivity index (χ4v) is 20.1. The van der Waals surface area contributed by atoms with Gasteiger partial charge in [-0.15, -0.1) is 0 Å². The van der Waals surface area contributed by atoms with E-state index in [2.05, 4.69) is 149 Å². The van der Waals surface area contributed by atoms with Crippen LogP contribution < -0.4 is 10.4 Å². The van der Waals surface area contributed by atoms with Crippen molar-refractivity contribution < 1.29 is 9.59 Å². The summed E-state index contributed by atoms with van der Waals surface area (Å²) in [6.07, 6.45) is 9.29. The van der Waals surface area contributed by atoms with E-state index in [0.717, 1.165) is 68.4 Å². The number of benzene rings is 5. The smallest absolute Gasteiger partial charge is 0.169 e. The van der Waals surface area contributed by atoms with Crippen LogP contribution in [0.4, 0.5) is 0 Å². The minimum Gasteiger partial charge on any atom is -0.299 e. The molecule has 0 N–H and O–H groups in total. The molecule has 3 heteroatoms. The number of rotatable bonds is 7. The Hall–Kier alpha value is -4.08. The first-order valence-corrected chi connectivity index (χ1v) is 23.5. The summed E-state index contributed by atoms with van der Waals surface area (Å²) in [5, 5.41) is 5.26. The van der Waals surface area contributed by atoms with Crippen LogP contribution in [0.25, 0.3) is 10.8 Å². The maximum Gasteiger partial charge on any atom is 0.169 e. The lowest BCUT2D eigenvalue weighted by atomic mass is 9.54. The summed E-state index contributed by atoms with van der Waals surface area (Å²) in [6.45, 7) is 9.75. The van der Waals surface area contributed by atoms with Crippen LogP contribution in [0, 0.1) is 28.6 Å². The molecule has 2 bridgehead atoms. The topological polar surface area (TPSA) is 34.1 Å². The van der Waals surface area contributed by atoms with Gasteiger partial charge >= 0.3 is 0 Å². The third kappa shape index (κ3) is 4.97. The zero-order valence-electron chi connectivity index (χ0n) is 33.2. The van der Waals surface area contributed by atoms with Crippen molar-refractivity contribution in [1.29, 1.82) is 0 Å². The van der Waals surface area contributed by atoms with Crippen LogP contribution in [0.5, 0.6) is 0 Å². The molecular weight excluding hydrogens is 685 g/mol. The summed E-state index contributed by atoms with van der Waals surface area (Å²) in [6, 6.07) is 46.6. The molecule has 0 spiro atoms. The number of carbonyl (C=O) groups is 2. The summed E-state index contributed by atoms with van der Waals surface area (Å²) < 4.78 is 0. The van der Waals surface area contributed by atoms with Gasteiger partial charge in [0.15, 0.2) is 5.78 Å². The van der Waals surface area contributed by atoms with Crippen molar-refractivity contribution in [1.82, 2.24) is 0 Å². The third-order valence-electron chi connectivity index (χ3n) is 16.6. The lowest BCUT2D eigenvalue weighted by Crippen LogP contribution is -2.68. The molecule has 5 fully saturated rings. The Morgan fingerprint density at radius 2 is 1.40 bits per heavy atom.